The molecule has 1 aromatic carbocycles. The highest BCUT2D eigenvalue weighted by Gasteiger charge is 2.24. The molecule has 0 heteroatoms. The second kappa shape index (κ2) is 9.07. The van der Waals surface area contributed by atoms with Crippen molar-refractivity contribution in [3.63, 3.8) is 0 Å². The molecule has 21 heavy (non-hydrogen) atoms. The Balaban J connectivity index is 1.93. The first-order valence-corrected chi connectivity index (χ1v) is 9.03. The standard InChI is InChI=1S/C21H31/c1-3-5-7-9-13-18-17-19-14-11-12-16-21(19)20(18)15-10-8-6-4-2/h11-12,14,16-17H,3-10,13,15H2,1-2H3. The minimum absolute atomic E-state index is 1.27. The summed E-state index contributed by atoms with van der Waals surface area (Å²) in [6.45, 7) is 4.58. The van der Waals surface area contributed by atoms with Crippen LogP contribution in [0.5, 0.6) is 0 Å². The summed E-state index contributed by atoms with van der Waals surface area (Å²) in [5, 5.41) is 0. The predicted molar refractivity (Wildman–Crippen MR) is 94.3 cm³/mol. The van der Waals surface area contributed by atoms with Crippen molar-refractivity contribution in [1.82, 2.24) is 0 Å². The van der Waals surface area contributed by atoms with Crippen molar-refractivity contribution in [2.75, 3.05) is 0 Å². The van der Waals surface area contributed by atoms with Gasteiger partial charge in [-0.25, -0.2) is 0 Å². The van der Waals surface area contributed by atoms with E-state index < -0.39 is 0 Å². The summed E-state index contributed by atoms with van der Waals surface area (Å²) in [4.78, 5) is 0. The zero-order valence-corrected chi connectivity index (χ0v) is 14.0. The van der Waals surface area contributed by atoms with E-state index in [0.29, 0.717) is 0 Å². The van der Waals surface area contributed by atoms with Crippen molar-refractivity contribution >= 4 is 6.08 Å². The van der Waals surface area contributed by atoms with Crippen LogP contribution >= 0.6 is 0 Å². The molecule has 0 heterocycles. The van der Waals surface area contributed by atoms with E-state index in [2.05, 4.69) is 44.2 Å². The van der Waals surface area contributed by atoms with Crippen LogP contribution < -0.4 is 0 Å². The van der Waals surface area contributed by atoms with E-state index in [1.807, 2.05) is 0 Å². The highest BCUT2D eigenvalue weighted by Crippen LogP contribution is 2.41. The Bertz CT molecular complexity index is 441. The van der Waals surface area contributed by atoms with Crippen LogP contribution in [0.4, 0.5) is 0 Å². The fraction of sp³-hybridized carbons (Fsp3) is 0.571. The van der Waals surface area contributed by atoms with Gasteiger partial charge < -0.3 is 0 Å². The van der Waals surface area contributed by atoms with Gasteiger partial charge in [-0.2, -0.15) is 0 Å². The van der Waals surface area contributed by atoms with E-state index in [9.17, 15) is 0 Å². The summed E-state index contributed by atoms with van der Waals surface area (Å²) in [5.74, 6) is 1.65. The van der Waals surface area contributed by atoms with Gasteiger partial charge in [-0.1, -0.05) is 94.7 Å². The monoisotopic (exact) mass is 283 g/mol. The molecule has 2 rings (SSSR count). The normalized spacial score (nSPS) is 14.3. The maximum Gasteiger partial charge on any atom is 0.0305 e. The van der Waals surface area contributed by atoms with Crippen LogP contribution in [0.1, 0.15) is 89.2 Å². The highest BCUT2D eigenvalue weighted by atomic mass is 14.3. The van der Waals surface area contributed by atoms with Crippen molar-refractivity contribution in [3.05, 3.63) is 46.9 Å². The molecule has 0 amide bonds. The van der Waals surface area contributed by atoms with Crippen LogP contribution in [-0.4, -0.2) is 0 Å². The molecule has 0 atom stereocenters. The number of hydrogen-bond donors (Lipinski definition) is 0. The first kappa shape index (κ1) is 16.3. The Morgan fingerprint density at radius 1 is 0.714 bits per heavy atom. The van der Waals surface area contributed by atoms with Gasteiger partial charge in [-0.15, -0.1) is 0 Å². The Kier molecular flexibility index (Phi) is 7.06. The number of benzene rings is 1. The molecule has 0 saturated heterocycles. The molecule has 1 aliphatic carbocycles. The number of allylic oxidation sites excluding steroid dienone is 1. The van der Waals surface area contributed by atoms with E-state index in [-0.39, 0.29) is 0 Å². The molecular weight excluding hydrogens is 252 g/mol. The number of rotatable bonds is 10. The molecule has 0 saturated carbocycles. The predicted octanol–water partition coefficient (Wildman–Crippen LogP) is 6.95. The molecule has 0 nitrogen and oxygen atoms in total. The van der Waals surface area contributed by atoms with Crippen LogP contribution in [0.25, 0.3) is 6.08 Å². The molecule has 0 unspecified atom stereocenters. The van der Waals surface area contributed by atoms with Gasteiger partial charge >= 0.3 is 0 Å². The van der Waals surface area contributed by atoms with Crippen molar-refractivity contribution in [3.8, 4) is 0 Å². The second-order valence-corrected chi connectivity index (χ2v) is 6.36. The Hall–Kier alpha value is -1.04. The van der Waals surface area contributed by atoms with E-state index in [1.165, 1.54) is 75.3 Å². The first-order valence-electron chi connectivity index (χ1n) is 9.03. The fourth-order valence-corrected chi connectivity index (χ4v) is 3.33. The molecule has 115 valence electrons. The van der Waals surface area contributed by atoms with Gasteiger partial charge in [0.1, 0.15) is 0 Å². The Morgan fingerprint density at radius 2 is 1.38 bits per heavy atom. The highest BCUT2D eigenvalue weighted by molar-refractivity contribution is 5.73. The Labute approximate surface area is 131 Å². The van der Waals surface area contributed by atoms with Crippen LogP contribution in [0.2, 0.25) is 0 Å². The summed E-state index contributed by atoms with van der Waals surface area (Å²) in [6, 6.07) is 8.96. The largest absolute Gasteiger partial charge is 0.0654 e. The quantitative estimate of drug-likeness (QED) is 0.408. The lowest BCUT2D eigenvalue weighted by atomic mass is 9.88. The summed E-state index contributed by atoms with van der Waals surface area (Å²) >= 11 is 0. The minimum atomic E-state index is 1.27. The summed E-state index contributed by atoms with van der Waals surface area (Å²) < 4.78 is 0. The van der Waals surface area contributed by atoms with Gasteiger partial charge in [-0.3, -0.25) is 0 Å². The van der Waals surface area contributed by atoms with E-state index >= 15 is 0 Å². The molecule has 0 aromatic heterocycles. The van der Waals surface area contributed by atoms with Gasteiger partial charge in [0.2, 0.25) is 0 Å². The third kappa shape index (κ3) is 4.73. The molecule has 0 aliphatic heterocycles. The lowest BCUT2D eigenvalue weighted by Gasteiger charge is -2.16. The third-order valence-corrected chi connectivity index (χ3v) is 4.58. The van der Waals surface area contributed by atoms with Crippen LogP contribution in [0.15, 0.2) is 29.8 Å². The fourth-order valence-electron chi connectivity index (χ4n) is 3.33. The molecule has 0 fully saturated rings. The summed E-state index contributed by atoms with van der Waals surface area (Å²) in [6.07, 6.45) is 15.9. The van der Waals surface area contributed by atoms with Crippen molar-refractivity contribution in [2.24, 2.45) is 0 Å². The first-order chi connectivity index (χ1) is 10.4. The van der Waals surface area contributed by atoms with Gasteiger partial charge in [0, 0.05) is 5.92 Å². The molecule has 1 radical (unpaired) electrons. The van der Waals surface area contributed by atoms with Crippen molar-refractivity contribution in [2.45, 2.75) is 78.1 Å². The van der Waals surface area contributed by atoms with Gasteiger partial charge in [0.15, 0.2) is 0 Å². The van der Waals surface area contributed by atoms with Crippen molar-refractivity contribution in [1.29, 1.82) is 0 Å². The van der Waals surface area contributed by atoms with Gasteiger partial charge in [0.05, 0.1) is 0 Å². The zero-order valence-electron chi connectivity index (χ0n) is 14.0. The van der Waals surface area contributed by atoms with Gasteiger partial charge in [-0.05, 0) is 30.4 Å². The topological polar surface area (TPSA) is 0 Å². The zero-order chi connectivity index (χ0) is 14.9. The molecule has 0 bridgehead atoms. The molecule has 0 N–H and O–H groups in total. The van der Waals surface area contributed by atoms with E-state index in [0.717, 1.165) is 0 Å². The van der Waals surface area contributed by atoms with E-state index in [1.54, 1.807) is 11.5 Å². The molecule has 1 aliphatic rings. The second-order valence-electron chi connectivity index (χ2n) is 6.36. The average molecular weight is 283 g/mol. The van der Waals surface area contributed by atoms with Crippen LogP contribution in [-0.2, 0) is 0 Å². The van der Waals surface area contributed by atoms with E-state index in [4.69, 9.17) is 0 Å². The number of fused-ring (bicyclic) bond motifs is 1. The SMILES string of the molecule is CCCCCC[C]1C(CCCCCC)=Cc2ccccc21. The minimum Gasteiger partial charge on any atom is -0.0654 e. The lowest BCUT2D eigenvalue weighted by Crippen LogP contribution is -2.01. The van der Waals surface area contributed by atoms with Crippen LogP contribution in [0.3, 0.4) is 0 Å². The Morgan fingerprint density at radius 3 is 2.10 bits per heavy atom. The number of hydrogen-bond acceptors (Lipinski definition) is 0. The van der Waals surface area contributed by atoms with Crippen molar-refractivity contribution < 1.29 is 0 Å². The van der Waals surface area contributed by atoms with Crippen LogP contribution in [0, 0.1) is 5.92 Å². The maximum atomic E-state index is 2.45. The molecule has 0 spiro atoms. The average Bonchev–Trinajstić information content (AvgIpc) is 2.86. The lowest BCUT2D eigenvalue weighted by molar-refractivity contribution is 0.633. The summed E-state index contributed by atoms with van der Waals surface area (Å²) in [5.41, 5.74) is 4.59. The molecule has 1 aromatic rings. The smallest absolute Gasteiger partial charge is 0.0305 e. The molecular formula is C21H31. The number of unbranched alkanes of at least 4 members (excludes halogenated alkanes) is 6. The summed E-state index contributed by atoms with van der Waals surface area (Å²) in [7, 11) is 0. The third-order valence-electron chi connectivity index (χ3n) is 4.58. The van der Waals surface area contributed by atoms with Gasteiger partial charge in [0.25, 0.3) is 0 Å². The maximum absolute atomic E-state index is 2.45.